The van der Waals surface area contributed by atoms with Crippen LogP contribution in [0.25, 0.3) is 0 Å². The molecule has 1 aromatic rings. The Balaban J connectivity index is 2.16. The lowest BCUT2D eigenvalue weighted by Gasteiger charge is -2.56. The molecule has 1 aromatic carbocycles. The van der Waals surface area contributed by atoms with E-state index in [9.17, 15) is 23.4 Å². The fourth-order valence-electron chi connectivity index (χ4n) is 5.16. The normalized spacial score (nSPS) is 33.7. The average molecular weight is 393 g/mol. The van der Waals surface area contributed by atoms with Gasteiger partial charge in [0.1, 0.15) is 11.9 Å². The Morgan fingerprint density at radius 3 is 2.30 bits per heavy atom. The zero-order valence-corrected chi connectivity index (χ0v) is 17.1. The van der Waals surface area contributed by atoms with Crippen molar-refractivity contribution >= 4 is 15.6 Å². The van der Waals surface area contributed by atoms with E-state index in [-0.39, 0.29) is 16.4 Å². The van der Waals surface area contributed by atoms with E-state index in [0.29, 0.717) is 24.0 Å². The molecule has 3 rings (SSSR count). The number of hydrogen-bond donors (Lipinski definition) is 2. The summed E-state index contributed by atoms with van der Waals surface area (Å²) in [4.78, 5) is 13.2. The van der Waals surface area contributed by atoms with Crippen LogP contribution in [0.5, 0.6) is 0 Å². The molecular weight excluding hydrogens is 364 g/mol. The molecule has 1 fully saturated rings. The zero-order valence-electron chi connectivity index (χ0n) is 16.3. The molecule has 0 unspecified atom stereocenters. The molecule has 0 heterocycles. The Kier molecular flexibility index (Phi) is 4.90. The molecule has 0 radical (unpaired) electrons. The summed E-state index contributed by atoms with van der Waals surface area (Å²) in [5.41, 5.74) is -0.670. The van der Waals surface area contributed by atoms with Gasteiger partial charge in [-0.1, -0.05) is 32.0 Å². The highest BCUT2D eigenvalue weighted by atomic mass is 32.2. The van der Waals surface area contributed by atoms with Crippen molar-refractivity contribution in [1.82, 2.24) is 0 Å². The SMILES string of the molecule is CC1=C(CS(=O)(=O)c2ccccc2)[C@@]2(C)C(=O)CCC(C)(C)[C@@H]2[C@H](O)[C@@H]1O. The van der Waals surface area contributed by atoms with Crippen molar-refractivity contribution < 1.29 is 23.4 Å². The summed E-state index contributed by atoms with van der Waals surface area (Å²) in [5, 5.41) is 21.5. The fourth-order valence-corrected chi connectivity index (χ4v) is 6.80. The lowest BCUT2D eigenvalue weighted by atomic mass is 9.48. The number of hydrogen-bond acceptors (Lipinski definition) is 5. The highest BCUT2D eigenvalue weighted by Crippen LogP contribution is 2.58. The molecule has 148 valence electrons. The van der Waals surface area contributed by atoms with Crippen LogP contribution in [0.4, 0.5) is 0 Å². The van der Waals surface area contributed by atoms with Gasteiger partial charge in [-0.05, 0) is 49.0 Å². The van der Waals surface area contributed by atoms with E-state index in [0.717, 1.165) is 0 Å². The second kappa shape index (κ2) is 6.54. The van der Waals surface area contributed by atoms with Crippen LogP contribution in [0.2, 0.25) is 0 Å². The molecule has 0 aliphatic heterocycles. The van der Waals surface area contributed by atoms with E-state index in [1.807, 2.05) is 13.8 Å². The molecule has 0 bridgehead atoms. The van der Waals surface area contributed by atoms with Crippen LogP contribution in [0.1, 0.15) is 40.5 Å². The van der Waals surface area contributed by atoms with Gasteiger partial charge in [0.05, 0.1) is 22.2 Å². The monoisotopic (exact) mass is 392 g/mol. The van der Waals surface area contributed by atoms with E-state index < -0.39 is 38.8 Å². The summed E-state index contributed by atoms with van der Waals surface area (Å²) in [5.74, 6) is -0.928. The third-order valence-corrected chi connectivity index (χ3v) is 8.35. The third kappa shape index (κ3) is 3.08. The van der Waals surface area contributed by atoms with Crippen LogP contribution in [0, 0.1) is 16.7 Å². The van der Waals surface area contributed by atoms with Crippen molar-refractivity contribution in [3.05, 3.63) is 41.5 Å². The maximum Gasteiger partial charge on any atom is 0.182 e. The molecular formula is C21H28O5S. The van der Waals surface area contributed by atoms with E-state index in [2.05, 4.69) is 0 Å². The van der Waals surface area contributed by atoms with Crippen LogP contribution < -0.4 is 0 Å². The van der Waals surface area contributed by atoms with Crippen molar-refractivity contribution in [3.8, 4) is 0 Å². The van der Waals surface area contributed by atoms with Gasteiger partial charge in [-0.2, -0.15) is 0 Å². The molecule has 0 amide bonds. The predicted octanol–water partition coefficient (Wildman–Crippen LogP) is 2.52. The van der Waals surface area contributed by atoms with Crippen LogP contribution in [0.3, 0.4) is 0 Å². The van der Waals surface area contributed by atoms with Gasteiger partial charge in [0.15, 0.2) is 9.84 Å². The molecule has 2 aliphatic carbocycles. The van der Waals surface area contributed by atoms with Gasteiger partial charge in [-0.25, -0.2) is 8.42 Å². The average Bonchev–Trinajstić information content (AvgIpc) is 2.61. The predicted molar refractivity (Wildman–Crippen MR) is 103 cm³/mol. The molecule has 2 N–H and O–H groups in total. The molecule has 2 aliphatic rings. The van der Waals surface area contributed by atoms with Crippen molar-refractivity contribution in [2.45, 2.75) is 57.6 Å². The zero-order chi connectivity index (χ0) is 20.2. The number of aliphatic hydroxyl groups excluding tert-OH is 2. The second-order valence-electron chi connectivity index (χ2n) is 8.76. The Morgan fingerprint density at radius 2 is 1.70 bits per heavy atom. The van der Waals surface area contributed by atoms with E-state index in [1.165, 1.54) is 12.1 Å². The standard InChI is InChI=1S/C21H28O5S/c1-13-15(12-27(25,26)14-8-6-5-7-9-14)21(4)16(22)10-11-20(2,3)19(21)18(24)17(13)23/h5-9,17-19,23-24H,10-12H2,1-4H3/t17-,18-,19+,21+/m1/s1. The fraction of sp³-hybridized carbons (Fsp3) is 0.571. The first-order valence-electron chi connectivity index (χ1n) is 9.30. The number of sulfone groups is 1. The molecule has 1 saturated carbocycles. The number of rotatable bonds is 3. The number of ketones is 1. The summed E-state index contributed by atoms with van der Waals surface area (Å²) < 4.78 is 26.1. The maximum atomic E-state index is 13.0. The summed E-state index contributed by atoms with van der Waals surface area (Å²) in [6, 6.07) is 8.13. The number of benzene rings is 1. The quantitative estimate of drug-likeness (QED) is 0.771. The lowest BCUT2D eigenvalue weighted by molar-refractivity contribution is -0.154. The minimum Gasteiger partial charge on any atom is -0.390 e. The molecule has 0 aromatic heterocycles. The van der Waals surface area contributed by atoms with Crippen LogP contribution in [-0.2, 0) is 14.6 Å². The minimum absolute atomic E-state index is 0.0598. The second-order valence-corrected chi connectivity index (χ2v) is 10.8. The van der Waals surface area contributed by atoms with Gasteiger partial charge >= 0.3 is 0 Å². The van der Waals surface area contributed by atoms with Gasteiger partial charge in [-0.15, -0.1) is 0 Å². The highest BCUT2D eigenvalue weighted by Gasteiger charge is 2.60. The Morgan fingerprint density at radius 1 is 1.11 bits per heavy atom. The number of carbonyl (C=O) groups excluding carboxylic acids is 1. The molecule has 27 heavy (non-hydrogen) atoms. The Hall–Kier alpha value is -1.50. The van der Waals surface area contributed by atoms with Gasteiger partial charge in [0.2, 0.25) is 0 Å². The molecule has 6 heteroatoms. The van der Waals surface area contributed by atoms with E-state index in [1.54, 1.807) is 32.0 Å². The summed E-state index contributed by atoms with van der Waals surface area (Å²) in [7, 11) is -3.69. The number of carbonyl (C=O) groups is 1. The minimum atomic E-state index is -3.69. The Bertz CT molecular complexity index is 884. The number of fused-ring (bicyclic) bond motifs is 1. The smallest absolute Gasteiger partial charge is 0.182 e. The van der Waals surface area contributed by atoms with Gasteiger partial charge in [0.25, 0.3) is 0 Å². The molecule has 0 spiro atoms. The van der Waals surface area contributed by atoms with Crippen molar-refractivity contribution in [2.75, 3.05) is 5.75 Å². The molecule has 4 atom stereocenters. The van der Waals surface area contributed by atoms with Gasteiger partial charge < -0.3 is 10.2 Å². The Labute approximate surface area is 161 Å². The first kappa shape index (κ1) is 20.2. The first-order valence-corrected chi connectivity index (χ1v) is 11.0. The van der Waals surface area contributed by atoms with Crippen LogP contribution >= 0.6 is 0 Å². The largest absolute Gasteiger partial charge is 0.390 e. The first-order chi connectivity index (χ1) is 12.4. The van der Waals surface area contributed by atoms with E-state index >= 15 is 0 Å². The maximum absolute atomic E-state index is 13.0. The van der Waals surface area contributed by atoms with Crippen LogP contribution in [0.15, 0.2) is 46.4 Å². The highest BCUT2D eigenvalue weighted by molar-refractivity contribution is 7.91. The summed E-state index contributed by atoms with van der Waals surface area (Å²) >= 11 is 0. The topological polar surface area (TPSA) is 91.7 Å². The van der Waals surface area contributed by atoms with E-state index in [4.69, 9.17) is 0 Å². The molecule has 5 nitrogen and oxygen atoms in total. The number of Topliss-reactive ketones (excluding diaryl/α,β-unsaturated/α-hetero) is 1. The van der Waals surface area contributed by atoms with Crippen molar-refractivity contribution in [1.29, 1.82) is 0 Å². The van der Waals surface area contributed by atoms with Gasteiger partial charge in [-0.3, -0.25) is 4.79 Å². The van der Waals surface area contributed by atoms with Crippen molar-refractivity contribution in [2.24, 2.45) is 16.7 Å². The lowest BCUT2D eigenvalue weighted by Crippen LogP contribution is -2.60. The summed E-state index contributed by atoms with van der Waals surface area (Å²) in [6.07, 6.45) is -1.33. The third-order valence-electron chi connectivity index (χ3n) is 6.69. The summed E-state index contributed by atoms with van der Waals surface area (Å²) in [6.45, 7) is 7.32. The van der Waals surface area contributed by atoms with Crippen LogP contribution in [-0.4, -0.2) is 42.4 Å². The van der Waals surface area contributed by atoms with Gasteiger partial charge in [0, 0.05) is 12.3 Å². The van der Waals surface area contributed by atoms with Crippen molar-refractivity contribution in [3.63, 3.8) is 0 Å². The molecule has 0 saturated heterocycles. The number of aliphatic hydroxyl groups is 2.